The van der Waals surface area contributed by atoms with Crippen LogP contribution in [-0.2, 0) is 11.2 Å². The quantitative estimate of drug-likeness (QED) is 0.811. The molecule has 0 N–H and O–H groups in total. The summed E-state index contributed by atoms with van der Waals surface area (Å²) in [6.07, 6.45) is 2.17. The SMILES string of the molecule is COc1cccc(CCN(C)C(=O)C2(C#N)CC2)c1. The Morgan fingerprint density at radius 3 is 2.84 bits per heavy atom. The first-order chi connectivity index (χ1) is 9.11. The number of likely N-dealkylation sites (N-methyl/N-ethyl adjacent to an activating group) is 1. The standard InChI is InChI=1S/C15H18N2O2/c1-17(14(18)15(11-16)7-8-15)9-6-12-4-3-5-13(10-12)19-2/h3-5,10H,6-9H2,1-2H3. The molecule has 1 aliphatic carbocycles. The molecule has 4 nitrogen and oxygen atoms in total. The van der Waals surface area contributed by atoms with Crippen LogP contribution in [0.15, 0.2) is 24.3 Å². The van der Waals surface area contributed by atoms with Crippen molar-refractivity contribution in [2.24, 2.45) is 5.41 Å². The van der Waals surface area contributed by atoms with Gasteiger partial charge in [0, 0.05) is 13.6 Å². The van der Waals surface area contributed by atoms with E-state index in [1.807, 2.05) is 24.3 Å². The first-order valence-corrected chi connectivity index (χ1v) is 6.41. The van der Waals surface area contributed by atoms with Crippen LogP contribution in [0.4, 0.5) is 0 Å². The maximum Gasteiger partial charge on any atom is 0.242 e. The fraction of sp³-hybridized carbons (Fsp3) is 0.467. The van der Waals surface area contributed by atoms with Crippen molar-refractivity contribution < 1.29 is 9.53 Å². The van der Waals surface area contributed by atoms with E-state index in [-0.39, 0.29) is 5.91 Å². The number of amides is 1. The van der Waals surface area contributed by atoms with Crippen LogP contribution in [0.25, 0.3) is 0 Å². The summed E-state index contributed by atoms with van der Waals surface area (Å²) in [4.78, 5) is 13.7. The first-order valence-electron chi connectivity index (χ1n) is 6.41. The number of benzene rings is 1. The molecular weight excluding hydrogens is 240 g/mol. The van der Waals surface area contributed by atoms with Gasteiger partial charge in [-0.2, -0.15) is 5.26 Å². The lowest BCUT2D eigenvalue weighted by Crippen LogP contribution is -2.34. The Kier molecular flexibility index (Phi) is 3.75. The molecule has 2 rings (SSSR count). The number of nitriles is 1. The second kappa shape index (κ2) is 5.31. The molecule has 0 spiro atoms. The van der Waals surface area contributed by atoms with Crippen molar-refractivity contribution in [3.8, 4) is 11.8 Å². The van der Waals surface area contributed by atoms with E-state index in [2.05, 4.69) is 6.07 Å². The van der Waals surface area contributed by atoms with Crippen LogP contribution in [0.5, 0.6) is 5.75 Å². The third-order valence-electron chi connectivity index (χ3n) is 3.59. The zero-order chi connectivity index (χ0) is 13.9. The number of hydrogen-bond donors (Lipinski definition) is 0. The van der Waals surface area contributed by atoms with Gasteiger partial charge in [0.15, 0.2) is 0 Å². The van der Waals surface area contributed by atoms with Gasteiger partial charge in [-0.05, 0) is 37.0 Å². The second-order valence-corrected chi connectivity index (χ2v) is 5.02. The molecule has 1 aromatic rings. The number of nitrogens with zero attached hydrogens (tertiary/aromatic N) is 2. The molecule has 1 amide bonds. The Morgan fingerprint density at radius 2 is 2.26 bits per heavy atom. The molecule has 1 saturated carbocycles. The van der Waals surface area contributed by atoms with Crippen LogP contribution in [0.3, 0.4) is 0 Å². The predicted molar refractivity (Wildman–Crippen MR) is 71.6 cm³/mol. The molecule has 0 saturated heterocycles. The van der Waals surface area contributed by atoms with Crippen molar-refractivity contribution in [2.45, 2.75) is 19.3 Å². The number of carbonyl (C=O) groups is 1. The van der Waals surface area contributed by atoms with Crippen molar-refractivity contribution in [3.63, 3.8) is 0 Å². The van der Waals surface area contributed by atoms with Crippen LogP contribution < -0.4 is 4.74 Å². The minimum Gasteiger partial charge on any atom is -0.497 e. The van der Waals surface area contributed by atoms with Crippen molar-refractivity contribution in [2.75, 3.05) is 20.7 Å². The fourth-order valence-corrected chi connectivity index (χ4v) is 2.09. The van der Waals surface area contributed by atoms with Crippen LogP contribution in [0, 0.1) is 16.7 Å². The Labute approximate surface area is 113 Å². The Hall–Kier alpha value is -2.02. The van der Waals surface area contributed by atoms with Crippen LogP contribution in [0.1, 0.15) is 18.4 Å². The van der Waals surface area contributed by atoms with E-state index in [9.17, 15) is 4.79 Å². The van der Waals surface area contributed by atoms with E-state index in [1.165, 1.54) is 0 Å². The summed E-state index contributed by atoms with van der Waals surface area (Å²) in [7, 11) is 3.40. The van der Waals surface area contributed by atoms with Gasteiger partial charge in [-0.3, -0.25) is 4.79 Å². The lowest BCUT2D eigenvalue weighted by Gasteiger charge is -2.19. The molecule has 1 aliphatic rings. The first kappa shape index (κ1) is 13.4. The number of carbonyl (C=O) groups excluding carboxylic acids is 1. The zero-order valence-corrected chi connectivity index (χ0v) is 11.3. The summed E-state index contributed by atoms with van der Waals surface area (Å²) < 4.78 is 5.17. The third-order valence-corrected chi connectivity index (χ3v) is 3.59. The minimum absolute atomic E-state index is 0.0436. The van der Waals surface area contributed by atoms with Crippen LogP contribution in [-0.4, -0.2) is 31.5 Å². The Bertz CT molecular complexity index is 515. The van der Waals surface area contributed by atoms with Gasteiger partial charge in [-0.25, -0.2) is 0 Å². The number of rotatable bonds is 5. The summed E-state index contributed by atoms with van der Waals surface area (Å²) in [5.74, 6) is 0.778. The van der Waals surface area contributed by atoms with Gasteiger partial charge < -0.3 is 9.64 Å². The monoisotopic (exact) mass is 258 g/mol. The lowest BCUT2D eigenvalue weighted by atomic mass is 10.1. The van der Waals surface area contributed by atoms with E-state index >= 15 is 0 Å². The van der Waals surface area contributed by atoms with Crippen molar-refractivity contribution in [1.29, 1.82) is 5.26 Å². The van der Waals surface area contributed by atoms with Gasteiger partial charge in [0.2, 0.25) is 5.91 Å². The van der Waals surface area contributed by atoms with E-state index < -0.39 is 5.41 Å². The maximum absolute atomic E-state index is 12.1. The van der Waals surface area contributed by atoms with Crippen LogP contribution >= 0.6 is 0 Å². The average molecular weight is 258 g/mol. The fourth-order valence-electron chi connectivity index (χ4n) is 2.09. The second-order valence-electron chi connectivity index (χ2n) is 5.02. The van der Waals surface area contributed by atoms with Gasteiger partial charge in [-0.1, -0.05) is 12.1 Å². The molecule has 1 fully saturated rings. The summed E-state index contributed by atoms with van der Waals surface area (Å²) in [5.41, 5.74) is 0.407. The number of methoxy groups -OCH3 is 1. The highest BCUT2D eigenvalue weighted by Crippen LogP contribution is 2.46. The predicted octanol–water partition coefficient (Wildman–Crippen LogP) is 2.00. The van der Waals surface area contributed by atoms with Gasteiger partial charge in [0.1, 0.15) is 11.2 Å². The molecule has 0 unspecified atom stereocenters. The smallest absolute Gasteiger partial charge is 0.242 e. The Balaban J connectivity index is 1.91. The Morgan fingerprint density at radius 1 is 1.53 bits per heavy atom. The molecule has 0 aromatic heterocycles. The highest BCUT2D eigenvalue weighted by Gasteiger charge is 2.51. The molecule has 19 heavy (non-hydrogen) atoms. The lowest BCUT2D eigenvalue weighted by molar-refractivity contribution is -0.133. The average Bonchev–Trinajstić information content (AvgIpc) is 3.25. The molecule has 1 aromatic carbocycles. The van der Waals surface area contributed by atoms with Gasteiger partial charge in [0.25, 0.3) is 0 Å². The van der Waals surface area contributed by atoms with Crippen LogP contribution in [0.2, 0.25) is 0 Å². The number of hydrogen-bond acceptors (Lipinski definition) is 3. The summed E-state index contributed by atoms with van der Waals surface area (Å²) in [6, 6.07) is 9.95. The maximum atomic E-state index is 12.1. The highest BCUT2D eigenvalue weighted by molar-refractivity contribution is 5.88. The van der Waals surface area contributed by atoms with E-state index in [4.69, 9.17) is 10.00 Å². The van der Waals surface area contributed by atoms with E-state index in [0.717, 1.165) is 17.7 Å². The molecule has 0 radical (unpaired) electrons. The van der Waals surface area contributed by atoms with Crippen molar-refractivity contribution in [3.05, 3.63) is 29.8 Å². The molecule has 100 valence electrons. The molecule has 0 heterocycles. The molecule has 0 bridgehead atoms. The normalized spacial score (nSPS) is 15.4. The van der Waals surface area contributed by atoms with E-state index in [0.29, 0.717) is 19.4 Å². The van der Waals surface area contributed by atoms with Crippen molar-refractivity contribution >= 4 is 5.91 Å². The third kappa shape index (κ3) is 2.87. The summed E-state index contributed by atoms with van der Waals surface area (Å²) in [6.45, 7) is 0.620. The zero-order valence-electron chi connectivity index (χ0n) is 11.3. The van der Waals surface area contributed by atoms with Gasteiger partial charge in [-0.15, -0.1) is 0 Å². The van der Waals surface area contributed by atoms with Crippen molar-refractivity contribution in [1.82, 2.24) is 4.90 Å². The molecule has 4 heteroatoms. The highest BCUT2D eigenvalue weighted by atomic mass is 16.5. The number of ether oxygens (including phenoxy) is 1. The molecule has 0 atom stereocenters. The molecular formula is C15H18N2O2. The largest absolute Gasteiger partial charge is 0.497 e. The van der Waals surface area contributed by atoms with Gasteiger partial charge >= 0.3 is 0 Å². The van der Waals surface area contributed by atoms with E-state index in [1.54, 1.807) is 19.1 Å². The summed E-state index contributed by atoms with van der Waals surface area (Å²) >= 11 is 0. The summed E-state index contributed by atoms with van der Waals surface area (Å²) in [5, 5.41) is 9.02. The van der Waals surface area contributed by atoms with Gasteiger partial charge in [0.05, 0.1) is 13.2 Å². The topological polar surface area (TPSA) is 53.3 Å². The minimum atomic E-state index is -0.719. The molecule has 0 aliphatic heterocycles.